The standard InChI is InChI=1S/C36H42ClN5O6S2/c1-35(16-17-35)50(46,47)41-33(45)36-20-24(36)12-8-3-2-4-9-13-28(38-21-23-10-6-5-7-11-23)32(44)42-22-26(19-29(42)31(43)40-36)48-34-39-27-15-14-25(37)18-30(27)49-34/h5-8,10-12,14-15,18,24,26,28-29,38H,2-4,9,13,16-17,19-22H2,1H3,(H,40,43)(H,41,45)/b12-8-/t24-,26+,28-,29-,36+/m0/s1. The smallest absolute Gasteiger partial charge is 0.274 e. The monoisotopic (exact) mass is 739 g/mol. The Balaban J connectivity index is 1.17. The highest BCUT2D eigenvalue weighted by molar-refractivity contribution is 7.91. The molecule has 0 unspecified atom stereocenters. The van der Waals surface area contributed by atoms with Crippen molar-refractivity contribution in [2.24, 2.45) is 5.92 Å². The number of carbonyl (C=O) groups excluding carboxylic acids is 3. The van der Waals surface area contributed by atoms with Gasteiger partial charge >= 0.3 is 0 Å². The van der Waals surface area contributed by atoms with Crippen molar-refractivity contribution >= 4 is 60.9 Å². The maximum atomic E-state index is 14.4. The summed E-state index contributed by atoms with van der Waals surface area (Å²) < 4.78 is 34.7. The Hall–Kier alpha value is -3.52. The van der Waals surface area contributed by atoms with Gasteiger partial charge in [0.05, 0.1) is 27.6 Å². The lowest BCUT2D eigenvalue weighted by atomic mass is 10.0. The molecule has 14 heteroatoms. The zero-order valence-corrected chi connectivity index (χ0v) is 30.3. The van der Waals surface area contributed by atoms with Gasteiger partial charge in [0.25, 0.3) is 11.1 Å². The van der Waals surface area contributed by atoms with Crippen molar-refractivity contribution in [3.63, 3.8) is 0 Å². The summed E-state index contributed by atoms with van der Waals surface area (Å²) in [5, 5.41) is 7.39. The van der Waals surface area contributed by atoms with Crippen LogP contribution in [0.1, 0.15) is 70.3 Å². The minimum atomic E-state index is -3.93. The van der Waals surface area contributed by atoms with Crippen LogP contribution in [-0.4, -0.2) is 71.0 Å². The van der Waals surface area contributed by atoms with Crippen LogP contribution in [0.4, 0.5) is 0 Å². The fourth-order valence-corrected chi connectivity index (χ4v) is 9.38. The highest BCUT2D eigenvalue weighted by Crippen LogP contribution is 2.47. The van der Waals surface area contributed by atoms with Gasteiger partial charge in [-0.05, 0) is 69.2 Å². The van der Waals surface area contributed by atoms with Gasteiger partial charge in [0, 0.05) is 23.9 Å². The first-order valence-electron chi connectivity index (χ1n) is 17.3. The summed E-state index contributed by atoms with van der Waals surface area (Å²) in [5.74, 6) is -1.84. The van der Waals surface area contributed by atoms with E-state index in [2.05, 4.69) is 20.3 Å². The number of sulfonamides is 1. The fraction of sp³-hybridized carbons (Fsp3) is 0.500. The lowest BCUT2D eigenvalue weighted by molar-refractivity contribution is -0.141. The van der Waals surface area contributed by atoms with E-state index in [0.717, 1.165) is 41.5 Å². The number of allylic oxidation sites excluding steroid dienone is 1. The topological polar surface area (TPSA) is 147 Å². The summed E-state index contributed by atoms with van der Waals surface area (Å²) in [5.41, 5.74) is 0.339. The zero-order valence-electron chi connectivity index (χ0n) is 27.9. The van der Waals surface area contributed by atoms with E-state index in [4.69, 9.17) is 16.3 Å². The van der Waals surface area contributed by atoms with Gasteiger partial charge in [-0.2, -0.15) is 0 Å². The number of nitrogens with one attached hydrogen (secondary N) is 3. The fourth-order valence-electron chi connectivity index (χ4n) is 6.91. The third-order valence-corrected chi connectivity index (χ3v) is 13.8. The van der Waals surface area contributed by atoms with Gasteiger partial charge in [0.2, 0.25) is 21.8 Å². The molecule has 11 nitrogen and oxygen atoms in total. The summed E-state index contributed by atoms with van der Waals surface area (Å²) in [6.45, 7) is 2.24. The van der Waals surface area contributed by atoms with Crippen molar-refractivity contribution in [2.45, 2.75) is 99.7 Å². The SMILES string of the molecule is CC1(S(=O)(=O)NC(=O)[C@@]23C[C@@H]2/C=C\CCCCC[C@H](NCc2ccccc2)C(=O)N2C[C@H](Oc4nc5ccc(Cl)cc5s4)C[C@H]2C(=O)N3)CC1. The summed E-state index contributed by atoms with van der Waals surface area (Å²) >= 11 is 7.53. The van der Waals surface area contributed by atoms with E-state index in [1.54, 1.807) is 17.9 Å². The van der Waals surface area contributed by atoms with Gasteiger partial charge in [0.15, 0.2) is 0 Å². The molecule has 5 atom stereocenters. The van der Waals surface area contributed by atoms with Gasteiger partial charge in [-0.15, -0.1) is 0 Å². The van der Waals surface area contributed by atoms with Crippen LogP contribution in [0.15, 0.2) is 60.7 Å². The van der Waals surface area contributed by atoms with Crippen molar-refractivity contribution < 1.29 is 27.5 Å². The number of carbonyl (C=O) groups is 3. The molecule has 1 aromatic heterocycles. The summed E-state index contributed by atoms with van der Waals surface area (Å²) in [6.07, 6.45) is 8.76. The highest BCUT2D eigenvalue weighted by Gasteiger charge is 2.63. The van der Waals surface area contributed by atoms with E-state index >= 15 is 0 Å². The van der Waals surface area contributed by atoms with Crippen LogP contribution < -0.4 is 20.1 Å². The molecule has 266 valence electrons. The van der Waals surface area contributed by atoms with Crippen LogP contribution in [0.5, 0.6) is 5.19 Å². The van der Waals surface area contributed by atoms with Crippen LogP contribution in [0.3, 0.4) is 0 Å². The molecule has 0 radical (unpaired) electrons. The minimum absolute atomic E-state index is 0.145. The van der Waals surface area contributed by atoms with E-state index in [1.807, 2.05) is 54.6 Å². The molecule has 7 rings (SSSR count). The Bertz CT molecular complexity index is 1920. The molecule has 3 fully saturated rings. The predicted octanol–water partition coefficient (Wildman–Crippen LogP) is 4.85. The molecule has 0 bridgehead atoms. The Kier molecular flexibility index (Phi) is 9.70. The molecular weight excluding hydrogens is 698 g/mol. The number of hydrogen-bond acceptors (Lipinski definition) is 9. The number of amides is 3. The predicted molar refractivity (Wildman–Crippen MR) is 192 cm³/mol. The number of thiazole rings is 1. The van der Waals surface area contributed by atoms with Crippen molar-refractivity contribution in [2.75, 3.05) is 6.54 Å². The van der Waals surface area contributed by atoms with Crippen LogP contribution in [0, 0.1) is 5.92 Å². The van der Waals surface area contributed by atoms with Gasteiger partial charge in [0.1, 0.15) is 17.7 Å². The normalized spacial score (nSPS) is 28.8. The van der Waals surface area contributed by atoms with Crippen LogP contribution >= 0.6 is 22.9 Å². The lowest BCUT2D eigenvalue weighted by Gasteiger charge is -2.30. The Morgan fingerprint density at radius 2 is 1.94 bits per heavy atom. The van der Waals surface area contributed by atoms with E-state index in [9.17, 15) is 22.8 Å². The largest absolute Gasteiger partial charge is 0.465 e. The molecular formula is C36H42ClN5O6S2. The number of rotatable bonds is 8. The number of ether oxygens (including phenoxy) is 1. The average Bonchev–Trinajstić information content (AvgIpc) is 3.90. The van der Waals surface area contributed by atoms with Gasteiger partial charge in [-0.1, -0.05) is 78.3 Å². The van der Waals surface area contributed by atoms with Crippen LogP contribution in [0.2, 0.25) is 5.02 Å². The molecule has 2 aliphatic carbocycles. The second-order valence-corrected chi connectivity index (χ2v) is 17.8. The Morgan fingerprint density at radius 3 is 2.72 bits per heavy atom. The van der Waals surface area contributed by atoms with E-state index < -0.39 is 50.3 Å². The molecule has 2 aliphatic heterocycles. The molecule has 2 saturated carbocycles. The quantitative estimate of drug-likeness (QED) is 0.278. The average molecular weight is 740 g/mol. The van der Waals surface area contributed by atoms with Crippen molar-refractivity contribution in [3.05, 3.63) is 71.3 Å². The Labute approximate surface area is 301 Å². The first kappa shape index (κ1) is 34.9. The van der Waals surface area contributed by atoms with E-state index in [1.165, 1.54) is 11.3 Å². The summed E-state index contributed by atoms with van der Waals surface area (Å²) in [6, 6.07) is 13.7. The van der Waals surface area contributed by atoms with Crippen molar-refractivity contribution in [1.82, 2.24) is 25.2 Å². The van der Waals surface area contributed by atoms with Crippen LogP contribution in [0.25, 0.3) is 10.2 Å². The van der Waals surface area contributed by atoms with Crippen LogP contribution in [-0.2, 0) is 31.0 Å². The molecule has 3 N–H and O–H groups in total. The molecule has 0 spiro atoms. The number of fused-ring (bicyclic) bond motifs is 3. The Morgan fingerprint density at radius 1 is 1.14 bits per heavy atom. The number of hydrogen-bond donors (Lipinski definition) is 3. The molecule has 3 aromatic rings. The maximum absolute atomic E-state index is 14.4. The summed E-state index contributed by atoms with van der Waals surface area (Å²) in [4.78, 5) is 48.7. The molecule has 1 saturated heterocycles. The first-order chi connectivity index (χ1) is 24.0. The lowest BCUT2D eigenvalue weighted by Crippen LogP contribution is -2.58. The zero-order chi connectivity index (χ0) is 35.1. The number of halogens is 1. The highest BCUT2D eigenvalue weighted by atomic mass is 35.5. The minimum Gasteiger partial charge on any atom is -0.465 e. The summed E-state index contributed by atoms with van der Waals surface area (Å²) in [7, 11) is -3.93. The molecule has 3 amide bonds. The molecule has 2 aromatic carbocycles. The van der Waals surface area contributed by atoms with Gasteiger partial charge in [-0.3, -0.25) is 19.1 Å². The van der Waals surface area contributed by atoms with Crippen molar-refractivity contribution in [3.8, 4) is 5.19 Å². The number of nitrogens with zero attached hydrogens (tertiary/aromatic N) is 2. The number of aromatic nitrogens is 1. The second kappa shape index (κ2) is 13.9. The van der Waals surface area contributed by atoms with E-state index in [0.29, 0.717) is 36.0 Å². The molecule has 3 heterocycles. The van der Waals surface area contributed by atoms with Gasteiger partial charge < -0.3 is 20.3 Å². The van der Waals surface area contributed by atoms with E-state index in [-0.39, 0.29) is 31.2 Å². The third-order valence-electron chi connectivity index (χ3n) is 10.5. The second-order valence-electron chi connectivity index (χ2n) is 14.2. The maximum Gasteiger partial charge on any atom is 0.274 e. The number of benzene rings is 2. The first-order valence-corrected chi connectivity index (χ1v) is 20.0. The van der Waals surface area contributed by atoms with Gasteiger partial charge in [-0.25, -0.2) is 13.4 Å². The molecule has 4 aliphatic rings. The third kappa shape index (κ3) is 7.28. The molecule has 50 heavy (non-hydrogen) atoms. The van der Waals surface area contributed by atoms with Crippen molar-refractivity contribution in [1.29, 1.82) is 0 Å².